The maximum absolute atomic E-state index is 11.7. The number of carbonyl (C=O) groups excluding carboxylic acids is 1. The minimum Gasteiger partial charge on any atom is -0.481 e. The van der Waals surface area contributed by atoms with Crippen LogP contribution in [-0.4, -0.2) is 28.8 Å². The highest BCUT2D eigenvalue weighted by molar-refractivity contribution is 5.70. The Morgan fingerprint density at radius 3 is 2.53 bits per heavy atom. The van der Waals surface area contributed by atoms with Crippen molar-refractivity contribution >= 4 is 12.1 Å². The van der Waals surface area contributed by atoms with Crippen molar-refractivity contribution in [1.82, 2.24) is 5.32 Å². The molecule has 0 bridgehead atoms. The zero-order valence-electron chi connectivity index (χ0n) is 11.8. The summed E-state index contributed by atoms with van der Waals surface area (Å²) < 4.78 is 5.30. The average molecular weight is 269 g/mol. The number of carbonyl (C=O) groups is 2. The minimum absolute atomic E-state index is 0.341. The SMILES string of the molecule is CC(C)(C)NC(=O)OC1/C=C/CCC(C(=O)O)CC1. The number of hydrogen-bond donors (Lipinski definition) is 2. The summed E-state index contributed by atoms with van der Waals surface area (Å²) in [5.41, 5.74) is -0.341. The number of allylic oxidation sites excluding steroid dienone is 1. The molecule has 5 heteroatoms. The molecule has 0 aromatic heterocycles. The molecule has 0 radical (unpaired) electrons. The number of alkyl carbamates (subject to hydrolysis) is 1. The maximum Gasteiger partial charge on any atom is 0.408 e. The number of ether oxygens (including phenoxy) is 1. The van der Waals surface area contributed by atoms with Crippen molar-refractivity contribution in [3.8, 4) is 0 Å². The Balaban J connectivity index is 2.51. The first-order valence-electron chi connectivity index (χ1n) is 6.66. The van der Waals surface area contributed by atoms with E-state index in [1.165, 1.54) is 0 Å². The summed E-state index contributed by atoms with van der Waals surface area (Å²) in [6, 6.07) is 0. The lowest BCUT2D eigenvalue weighted by molar-refractivity contribution is -0.142. The first kappa shape index (κ1) is 15.5. The third-order valence-electron chi connectivity index (χ3n) is 2.92. The van der Waals surface area contributed by atoms with Crippen molar-refractivity contribution in [3.05, 3.63) is 12.2 Å². The molecular formula is C14H23NO4. The number of carboxylic acid groups (broad SMARTS) is 1. The molecule has 2 unspecified atom stereocenters. The Hall–Kier alpha value is -1.52. The van der Waals surface area contributed by atoms with Gasteiger partial charge in [0.05, 0.1) is 5.92 Å². The molecule has 1 rings (SSSR count). The summed E-state index contributed by atoms with van der Waals surface area (Å²) >= 11 is 0. The summed E-state index contributed by atoms with van der Waals surface area (Å²) in [5, 5.41) is 11.8. The van der Waals surface area contributed by atoms with Crippen molar-refractivity contribution in [2.24, 2.45) is 5.92 Å². The molecule has 0 aliphatic heterocycles. The number of nitrogens with one attached hydrogen (secondary N) is 1. The lowest BCUT2D eigenvalue weighted by Gasteiger charge is -2.24. The molecular weight excluding hydrogens is 246 g/mol. The topological polar surface area (TPSA) is 75.6 Å². The van der Waals surface area contributed by atoms with Gasteiger partial charge in [0.2, 0.25) is 0 Å². The van der Waals surface area contributed by atoms with Crippen molar-refractivity contribution in [2.75, 3.05) is 0 Å². The highest BCUT2D eigenvalue weighted by Crippen LogP contribution is 2.20. The van der Waals surface area contributed by atoms with E-state index in [9.17, 15) is 9.59 Å². The van der Waals surface area contributed by atoms with Gasteiger partial charge in [-0.1, -0.05) is 6.08 Å². The normalized spacial score (nSPS) is 25.8. The van der Waals surface area contributed by atoms with Gasteiger partial charge in [-0.3, -0.25) is 4.79 Å². The van der Waals surface area contributed by atoms with Crippen molar-refractivity contribution < 1.29 is 19.4 Å². The van der Waals surface area contributed by atoms with Crippen LogP contribution in [0.4, 0.5) is 4.79 Å². The summed E-state index contributed by atoms with van der Waals surface area (Å²) in [6.45, 7) is 5.63. The van der Waals surface area contributed by atoms with Crippen LogP contribution in [0, 0.1) is 5.92 Å². The van der Waals surface area contributed by atoms with E-state index >= 15 is 0 Å². The summed E-state index contributed by atoms with van der Waals surface area (Å²) in [4.78, 5) is 22.6. The van der Waals surface area contributed by atoms with Gasteiger partial charge in [-0.05, 0) is 52.5 Å². The zero-order chi connectivity index (χ0) is 14.5. The van der Waals surface area contributed by atoms with Crippen LogP contribution in [-0.2, 0) is 9.53 Å². The lowest BCUT2D eigenvalue weighted by atomic mass is 9.93. The number of aliphatic carboxylic acids is 1. The third kappa shape index (κ3) is 6.27. The first-order valence-corrected chi connectivity index (χ1v) is 6.66. The smallest absolute Gasteiger partial charge is 0.408 e. The van der Waals surface area contributed by atoms with Crippen LogP contribution in [0.1, 0.15) is 46.5 Å². The maximum atomic E-state index is 11.7. The lowest BCUT2D eigenvalue weighted by Crippen LogP contribution is -2.42. The molecule has 2 N–H and O–H groups in total. The van der Waals surface area contributed by atoms with Gasteiger partial charge in [-0.2, -0.15) is 0 Å². The van der Waals surface area contributed by atoms with Gasteiger partial charge in [0.15, 0.2) is 0 Å². The Morgan fingerprint density at radius 1 is 1.26 bits per heavy atom. The van der Waals surface area contributed by atoms with Crippen LogP contribution in [0.5, 0.6) is 0 Å². The van der Waals surface area contributed by atoms with Crippen LogP contribution in [0.3, 0.4) is 0 Å². The highest BCUT2D eigenvalue weighted by Gasteiger charge is 2.23. The molecule has 5 nitrogen and oxygen atoms in total. The molecule has 0 spiro atoms. The van der Waals surface area contributed by atoms with E-state index in [-0.39, 0.29) is 17.6 Å². The van der Waals surface area contributed by atoms with E-state index in [1.807, 2.05) is 32.9 Å². The molecule has 1 amide bonds. The molecule has 0 saturated carbocycles. The van der Waals surface area contributed by atoms with E-state index in [1.54, 1.807) is 0 Å². The van der Waals surface area contributed by atoms with Gasteiger partial charge in [0.25, 0.3) is 0 Å². The fourth-order valence-corrected chi connectivity index (χ4v) is 1.97. The number of amides is 1. The summed E-state index contributed by atoms with van der Waals surface area (Å²) in [6.07, 6.45) is 5.37. The molecule has 19 heavy (non-hydrogen) atoms. The number of rotatable bonds is 2. The molecule has 108 valence electrons. The number of carboxylic acids is 1. The van der Waals surface area contributed by atoms with Crippen LogP contribution in [0.15, 0.2) is 12.2 Å². The van der Waals surface area contributed by atoms with Crippen molar-refractivity contribution in [2.45, 2.75) is 58.1 Å². The van der Waals surface area contributed by atoms with Gasteiger partial charge in [0.1, 0.15) is 6.10 Å². The first-order chi connectivity index (χ1) is 8.78. The third-order valence-corrected chi connectivity index (χ3v) is 2.92. The fourth-order valence-electron chi connectivity index (χ4n) is 1.97. The van der Waals surface area contributed by atoms with E-state index in [4.69, 9.17) is 9.84 Å². The van der Waals surface area contributed by atoms with Crippen molar-refractivity contribution in [1.29, 1.82) is 0 Å². The monoisotopic (exact) mass is 269 g/mol. The highest BCUT2D eigenvalue weighted by atomic mass is 16.6. The van der Waals surface area contributed by atoms with Crippen molar-refractivity contribution in [3.63, 3.8) is 0 Å². The summed E-state index contributed by atoms with van der Waals surface area (Å²) in [5.74, 6) is -1.12. The quantitative estimate of drug-likeness (QED) is 0.756. The molecule has 0 saturated heterocycles. The second-order valence-electron chi connectivity index (χ2n) is 5.94. The number of hydrogen-bond acceptors (Lipinski definition) is 3. The molecule has 1 aliphatic rings. The Kier molecular flexibility index (Phi) is 5.39. The van der Waals surface area contributed by atoms with E-state index < -0.39 is 12.1 Å². The van der Waals surface area contributed by atoms with Gasteiger partial charge in [-0.25, -0.2) is 4.79 Å². The van der Waals surface area contributed by atoms with Gasteiger partial charge in [0, 0.05) is 5.54 Å². The zero-order valence-corrected chi connectivity index (χ0v) is 11.8. The van der Waals surface area contributed by atoms with E-state index in [0.717, 1.165) is 0 Å². The molecule has 0 aromatic rings. The van der Waals surface area contributed by atoms with Gasteiger partial charge in [-0.15, -0.1) is 0 Å². The predicted molar refractivity (Wildman–Crippen MR) is 71.9 cm³/mol. The van der Waals surface area contributed by atoms with Crippen LogP contribution in [0.2, 0.25) is 0 Å². The molecule has 1 aliphatic carbocycles. The van der Waals surface area contributed by atoms with Crippen LogP contribution < -0.4 is 5.32 Å². The Bertz CT molecular complexity index is 357. The largest absolute Gasteiger partial charge is 0.481 e. The van der Waals surface area contributed by atoms with Gasteiger partial charge >= 0.3 is 12.1 Å². The molecule has 0 heterocycles. The minimum atomic E-state index is -0.770. The molecule has 0 fully saturated rings. The Morgan fingerprint density at radius 2 is 1.95 bits per heavy atom. The van der Waals surface area contributed by atoms with E-state index in [2.05, 4.69) is 5.32 Å². The van der Waals surface area contributed by atoms with Gasteiger partial charge < -0.3 is 15.2 Å². The average Bonchev–Trinajstić information content (AvgIpc) is 2.18. The van der Waals surface area contributed by atoms with Crippen LogP contribution >= 0.6 is 0 Å². The molecule has 0 aromatic carbocycles. The Labute approximate surface area is 114 Å². The predicted octanol–water partition coefficient (Wildman–Crippen LogP) is 2.71. The van der Waals surface area contributed by atoms with E-state index in [0.29, 0.717) is 25.7 Å². The standard InChI is InChI=1S/C14H23NO4/c1-14(2,3)15-13(18)19-11-7-5-4-6-10(8-9-11)12(16)17/h5,7,10-11H,4,6,8-9H2,1-3H3,(H,15,18)(H,16,17)/b7-5+. The summed E-state index contributed by atoms with van der Waals surface area (Å²) in [7, 11) is 0. The molecule has 2 atom stereocenters. The van der Waals surface area contributed by atoms with Crippen LogP contribution in [0.25, 0.3) is 0 Å². The second-order valence-corrected chi connectivity index (χ2v) is 5.94. The second kappa shape index (κ2) is 6.59. The fraction of sp³-hybridized carbons (Fsp3) is 0.714.